The third kappa shape index (κ3) is 2.31. The lowest BCUT2D eigenvalue weighted by Crippen LogP contribution is -2.39. The van der Waals surface area contributed by atoms with Crippen molar-refractivity contribution in [2.75, 3.05) is 0 Å². The third-order valence-electron chi connectivity index (χ3n) is 4.33. The van der Waals surface area contributed by atoms with E-state index in [1.54, 1.807) is 6.07 Å². The number of aliphatic carboxylic acids is 1. The Labute approximate surface area is 121 Å². The van der Waals surface area contributed by atoms with E-state index in [4.69, 9.17) is 0 Å². The van der Waals surface area contributed by atoms with Crippen LogP contribution in [0, 0.1) is 19.7 Å². The largest absolute Gasteiger partial charge is 0.481 e. The molecule has 0 radical (unpaired) electrons. The number of hydrogen-bond donors (Lipinski definition) is 1. The number of carboxylic acid groups (broad SMARTS) is 1. The molecular weight excluding hydrogens is 311 g/mol. The van der Waals surface area contributed by atoms with Gasteiger partial charge in [0.05, 0.1) is 9.89 Å². The molecule has 0 atom stereocenters. The molecule has 2 nitrogen and oxygen atoms in total. The molecule has 0 aromatic heterocycles. The van der Waals surface area contributed by atoms with E-state index >= 15 is 0 Å². The van der Waals surface area contributed by atoms with Gasteiger partial charge in [-0.1, -0.05) is 19.3 Å². The van der Waals surface area contributed by atoms with Crippen LogP contribution >= 0.6 is 15.9 Å². The summed E-state index contributed by atoms with van der Waals surface area (Å²) in [5.41, 5.74) is 1.02. The molecule has 0 unspecified atom stereocenters. The zero-order valence-corrected chi connectivity index (χ0v) is 12.8. The molecule has 104 valence electrons. The lowest BCUT2D eigenvalue weighted by Gasteiger charge is -2.35. The Hall–Kier alpha value is -0.900. The molecule has 1 aromatic carbocycles. The van der Waals surface area contributed by atoms with Gasteiger partial charge in [0.1, 0.15) is 5.82 Å². The van der Waals surface area contributed by atoms with Crippen molar-refractivity contribution in [2.24, 2.45) is 0 Å². The summed E-state index contributed by atoms with van der Waals surface area (Å²) in [6, 6.07) is 1.71. The van der Waals surface area contributed by atoms with Crippen LogP contribution < -0.4 is 0 Å². The number of rotatable bonds is 2. The first-order valence-corrected chi connectivity index (χ1v) is 7.38. The second kappa shape index (κ2) is 5.23. The molecule has 2 rings (SSSR count). The summed E-state index contributed by atoms with van der Waals surface area (Å²) in [5.74, 6) is -1.31. The van der Waals surface area contributed by atoms with Crippen LogP contribution in [0.2, 0.25) is 0 Å². The van der Waals surface area contributed by atoms with Gasteiger partial charge in [-0.2, -0.15) is 0 Å². The second-order valence-electron chi connectivity index (χ2n) is 5.44. The molecule has 0 bridgehead atoms. The first-order chi connectivity index (χ1) is 8.90. The number of aryl methyl sites for hydroxylation is 1. The fraction of sp³-hybridized carbons (Fsp3) is 0.533. The molecule has 0 spiro atoms. The predicted molar refractivity (Wildman–Crippen MR) is 76.0 cm³/mol. The van der Waals surface area contributed by atoms with E-state index in [1.165, 1.54) is 0 Å². The molecule has 19 heavy (non-hydrogen) atoms. The lowest BCUT2D eigenvalue weighted by molar-refractivity contribution is -0.145. The molecular formula is C15H18BrFO2. The van der Waals surface area contributed by atoms with E-state index in [-0.39, 0.29) is 0 Å². The SMILES string of the molecule is Cc1cc(Br)c(F)c(C2(C(=O)O)CCCCC2)c1C. The summed E-state index contributed by atoms with van der Waals surface area (Å²) in [6.07, 6.45) is 3.77. The number of carbonyl (C=O) groups is 1. The Morgan fingerprint density at radius 1 is 1.32 bits per heavy atom. The van der Waals surface area contributed by atoms with Gasteiger partial charge in [0.15, 0.2) is 0 Å². The van der Waals surface area contributed by atoms with Crippen LogP contribution in [0.4, 0.5) is 4.39 Å². The van der Waals surface area contributed by atoms with Crippen molar-refractivity contribution in [3.63, 3.8) is 0 Å². The first-order valence-electron chi connectivity index (χ1n) is 6.59. The van der Waals surface area contributed by atoms with Crippen molar-refractivity contribution in [3.05, 3.63) is 33.0 Å². The molecule has 1 saturated carbocycles. The van der Waals surface area contributed by atoms with E-state index in [0.717, 1.165) is 30.4 Å². The summed E-state index contributed by atoms with van der Waals surface area (Å²) in [6.45, 7) is 3.71. The summed E-state index contributed by atoms with van der Waals surface area (Å²) >= 11 is 3.20. The zero-order chi connectivity index (χ0) is 14.2. The van der Waals surface area contributed by atoms with Crippen LogP contribution in [0.3, 0.4) is 0 Å². The van der Waals surface area contributed by atoms with E-state index in [2.05, 4.69) is 15.9 Å². The van der Waals surface area contributed by atoms with Crippen LogP contribution in [0.25, 0.3) is 0 Å². The predicted octanol–water partition coefficient (Wildman–Crippen LogP) is 4.49. The minimum atomic E-state index is -1.05. The highest BCUT2D eigenvalue weighted by Crippen LogP contribution is 2.44. The van der Waals surface area contributed by atoms with E-state index in [0.29, 0.717) is 22.9 Å². The molecule has 0 aliphatic heterocycles. The van der Waals surface area contributed by atoms with Crippen LogP contribution in [0.5, 0.6) is 0 Å². The molecule has 0 heterocycles. The maximum Gasteiger partial charge on any atom is 0.314 e. The van der Waals surface area contributed by atoms with Gasteiger partial charge in [-0.3, -0.25) is 4.79 Å². The summed E-state index contributed by atoms with van der Waals surface area (Å²) in [5, 5.41) is 9.69. The topological polar surface area (TPSA) is 37.3 Å². The standard InChI is InChI=1S/C15H18BrFO2/c1-9-8-11(16)13(17)12(10(9)2)15(14(18)19)6-4-3-5-7-15/h8H,3-7H2,1-2H3,(H,18,19). The maximum absolute atomic E-state index is 14.5. The molecule has 1 N–H and O–H groups in total. The van der Waals surface area contributed by atoms with Crippen molar-refractivity contribution in [1.82, 2.24) is 0 Å². The van der Waals surface area contributed by atoms with Crippen LogP contribution in [-0.4, -0.2) is 11.1 Å². The number of benzene rings is 1. The van der Waals surface area contributed by atoms with Crippen LogP contribution in [0.15, 0.2) is 10.5 Å². The summed E-state index contributed by atoms with van der Waals surface area (Å²) in [4.78, 5) is 11.8. The fourth-order valence-corrected chi connectivity index (χ4v) is 3.68. The van der Waals surface area contributed by atoms with Crippen molar-refractivity contribution in [1.29, 1.82) is 0 Å². The van der Waals surface area contributed by atoms with Gasteiger partial charge in [-0.25, -0.2) is 4.39 Å². The highest BCUT2D eigenvalue weighted by Gasteiger charge is 2.44. The third-order valence-corrected chi connectivity index (χ3v) is 4.91. The molecule has 1 fully saturated rings. The zero-order valence-electron chi connectivity index (χ0n) is 11.2. The second-order valence-corrected chi connectivity index (χ2v) is 6.29. The average molecular weight is 329 g/mol. The number of hydrogen-bond acceptors (Lipinski definition) is 1. The van der Waals surface area contributed by atoms with Gasteiger partial charge >= 0.3 is 5.97 Å². The Bertz CT molecular complexity index is 493. The molecule has 0 amide bonds. The molecule has 1 aliphatic rings. The minimum absolute atomic E-state index is 0.358. The normalized spacial score (nSPS) is 18.3. The Morgan fingerprint density at radius 3 is 2.42 bits per heavy atom. The lowest BCUT2D eigenvalue weighted by atomic mass is 9.67. The Balaban J connectivity index is 2.70. The van der Waals surface area contributed by atoms with E-state index in [1.807, 2.05) is 13.8 Å². The van der Waals surface area contributed by atoms with E-state index < -0.39 is 17.2 Å². The smallest absolute Gasteiger partial charge is 0.314 e. The van der Waals surface area contributed by atoms with Gasteiger partial charge in [-0.15, -0.1) is 0 Å². The average Bonchev–Trinajstić information content (AvgIpc) is 2.37. The monoisotopic (exact) mass is 328 g/mol. The summed E-state index contributed by atoms with van der Waals surface area (Å²) < 4.78 is 14.9. The maximum atomic E-state index is 14.5. The van der Waals surface area contributed by atoms with Crippen molar-refractivity contribution >= 4 is 21.9 Å². The molecule has 1 aromatic rings. The first kappa shape index (κ1) is 14.5. The summed E-state index contributed by atoms with van der Waals surface area (Å²) in [7, 11) is 0. The van der Waals surface area contributed by atoms with Gasteiger partial charge in [0, 0.05) is 5.56 Å². The Morgan fingerprint density at radius 2 is 1.89 bits per heavy atom. The van der Waals surface area contributed by atoms with Gasteiger partial charge in [0.2, 0.25) is 0 Å². The number of halogens is 2. The molecule has 4 heteroatoms. The molecule has 1 aliphatic carbocycles. The Kier molecular flexibility index (Phi) is 4.00. The van der Waals surface area contributed by atoms with Crippen molar-refractivity contribution < 1.29 is 14.3 Å². The van der Waals surface area contributed by atoms with Crippen LogP contribution in [0.1, 0.15) is 48.8 Å². The minimum Gasteiger partial charge on any atom is -0.481 e. The quantitative estimate of drug-likeness (QED) is 0.868. The highest BCUT2D eigenvalue weighted by molar-refractivity contribution is 9.10. The highest BCUT2D eigenvalue weighted by atomic mass is 79.9. The number of carboxylic acids is 1. The fourth-order valence-electron chi connectivity index (χ4n) is 3.14. The van der Waals surface area contributed by atoms with E-state index in [9.17, 15) is 14.3 Å². The molecule has 0 saturated heterocycles. The van der Waals surface area contributed by atoms with Gasteiger partial charge in [0.25, 0.3) is 0 Å². The van der Waals surface area contributed by atoms with Crippen molar-refractivity contribution in [2.45, 2.75) is 51.4 Å². The van der Waals surface area contributed by atoms with Crippen molar-refractivity contribution in [3.8, 4) is 0 Å². The van der Waals surface area contributed by atoms with Gasteiger partial charge < -0.3 is 5.11 Å². The van der Waals surface area contributed by atoms with Gasteiger partial charge in [-0.05, 0) is 59.8 Å². The van der Waals surface area contributed by atoms with Crippen LogP contribution in [-0.2, 0) is 10.2 Å².